The molecule has 0 bridgehead atoms. The van der Waals surface area contributed by atoms with Gasteiger partial charge in [-0.1, -0.05) is 11.6 Å². The van der Waals surface area contributed by atoms with E-state index in [0.717, 1.165) is 24.6 Å². The van der Waals surface area contributed by atoms with Gasteiger partial charge in [-0.3, -0.25) is 14.5 Å². The molecule has 9 heteroatoms. The van der Waals surface area contributed by atoms with Crippen LogP contribution in [0.1, 0.15) is 43.3 Å². The summed E-state index contributed by atoms with van der Waals surface area (Å²) in [6.07, 6.45) is 9.71. The molecule has 6 rings (SSSR count). The highest BCUT2D eigenvalue weighted by Gasteiger charge is 2.23. The van der Waals surface area contributed by atoms with Crippen LogP contribution in [0.3, 0.4) is 0 Å². The summed E-state index contributed by atoms with van der Waals surface area (Å²) in [6, 6.07) is 8.98. The molecule has 0 spiro atoms. The summed E-state index contributed by atoms with van der Waals surface area (Å²) in [5.41, 5.74) is 1.29. The second-order valence-electron chi connectivity index (χ2n) is 8.66. The first-order valence-corrected chi connectivity index (χ1v) is 11.8. The molecule has 1 aliphatic carbocycles. The van der Waals surface area contributed by atoms with Crippen molar-refractivity contribution >= 4 is 22.4 Å². The van der Waals surface area contributed by atoms with Gasteiger partial charge in [-0.2, -0.15) is 10.2 Å². The van der Waals surface area contributed by atoms with Crippen LogP contribution in [0.4, 0.5) is 4.39 Å². The van der Waals surface area contributed by atoms with Crippen LogP contribution in [0.15, 0.2) is 53.7 Å². The number of fused-ring (bicyclic) bond motifs is 1. The van der Waals surface area contributed by atoms with Crippen LogP contribution in [-0.2, 0) is 11.8 Å². The van der Waals surface area contributed by atoms with Crippen LogP contribution < -0.4 is 5.56 Å². The molecule has 4 heterocycles. The number of aryl methyl sites for hydroxylation is 1. The predicted octanol–water partition coefficient (Wildman–Crippen LogP) is 4.90. The van der Waals surface area contributed by atoms with Crippen LogP contribution in [0.25, 0.3) is 22.0 Å². The van der Waals surface area contributed by atoms with Crippen LogP contribution in [0.5, 0.6) is 0 Å². The minimum Gasteiger partial charge on any atom is -0.381 e. The molecule has 34 heavy (non-hydrogen) atoms. The number of pyridine rings is 1. The smallest absolute Gasteiger partial charge is 0.274 e. The monoisotopic (exact) mass is 481 g/mol. The lowest BCUT2D eigenvalue weighted by Gasteiger charge is -2.22. The van der Waals surface area contributed by atoms with E-state index in [1.807, 2.05) is 29.2 Å². The largest absolute Gasteiger partial charge is 0.381 e. The molecule has 1 aromatic carbocycles. The Bertz CT molecular complexity index is 1360. The van der Waals surface area contributed by atoms with Crippen LogP contribution in [-0.4, -0.2) is 37.8 Å². The Kier molecular flexibility index (Phi) is 6.43. The molecule has 176 valence electrons. The van der Waals surface area contributed by atoms with Crippen molar-refractivity contribution in [2.45, 2.75) is 37.6 Å². The van der Waals surface area contributed by atoms with Gasteiger partial charge < -0.3 is 4.74 Å². The summed E-state index contributed by atoms with van der Waals surface area (Å²) >= 11 is 5.88. The molecule has 1 aliphatic heterocycles. The molecule has 0 radical (unpaired) electrons. The number of ether oxygens (including phenoxy) is 1. The number of halogens is 2. The Balaban J connectivity index is 0.000000252. The molecule has 7 nitrogen and oxygen atoms in total. The normalized spacial score (nSPS) is 16.3. The van der Waals surface area contributed by atoms with Gasteiger partial charge in [-0.25, -0.2) is 9.07 Å². The fourth-order valence-corrected chi connectivity index (χ4v) is 4.34. The number of nitrogens with zero attached hydrogens (tertiary/aromatic N) is 5. The van der Waals surface area contributed by atoms with E-state index in [-0.39, 0.29) is 11.5 Å². The number of benzene rings is 1. The molecular weight excluding hydrogens is 457 g/mol. The molecule has 0 amide bonds. The first-order valence-electron chi connectivity index (χ1n) is 11.4. The highest BCUT2D eigenvalue weighted by atomic mass is 35.5. The Hall–Kier alpha value is -3.10. The highest BCUT2D eigenvalue weighted by molar-refractivity contribution is 6.30. The number of rotatable bonds is 3. The number of aromatic nitrogens is 5. The number of hydrogen-bond donors (Lipinski definition) is 0. The minimum atomic E-state index is -0.476. The van der Waals surface area contributed by atoms with E-state index in [1.54, 1.807) is 25.4 Å². The van der Waals surface area contributed by atoms with E-state index in [9.17, 15) is 9.18 Å². The van der Waals surface area contributed by atoms with Gasteiger partial charge in [0.2, 0.25) is 0 Å². The molecule has 2 aliphatic rings. The molecule has 0 N–H and O–H groups in total. The summed E-state index contributed by atoms with van der Waals surface area (Å²) < 4.78 is 23.3. The Morgan fingerprint density at radius 2 is 1.88 bits per heavy atom. The average molecular weight is 482 g/mol. The van der Waals surface area contributed by atoms with E-state index in [0.29, 0.717) is 40.3 Å². The molecule has 1 saturated heterocycles. The summed E-state index contributed by atoms with van der Waals surface area (Å²) in [6.45, 7) is 1.31. The fourth-order valence-electron chi connectivity index (χ4n) is 4.18. The van der Waals surface area contributed by atoms with Gasteiger partial charge in [0.15, 0.2) is 0 Å². The van der Waals surface area contributed by atoms with Crippen molar-refractivity contribution in [3.05, 3.63) is 75.8 Å². The Morgan fingerprint density at radius 1 is 1.09 bits per heavy atom. The third-order valence-electron chi connectivity index (χ3n) is 6.23. The zero-order valence-corrected chi connectivity index (χ0v) is 19.6. The maximum atomic E-state index is 14.6. The average Bonchev–Trinajstić information content (AvgIpc) is 3.56. The zero-order valence-electron chi connectivity index (χ0n) is 18.8. The van der Waals surface area contributed by atoms with Crippen molar-refractivity contribution in [1.29, 1.82) is 0 Å². The van der Waals surface area contributed by atoms with Crippen molar-refractivity contribution < 1.29 is 9.13 Å². The van der Waals surface area contributed by atoms with E-state index in [4.69, 9.17) is 21.3 Å². The molecule has 2 fully saturated rings. The first-order chi connectivity index (χ1) is 16.5. The third kappa shape index (κ3) is 4.74. The second-order valence-corrected chi connectivity index (χ2v) is 9.09. The molecular formula is C25H25ClFN5O2. The quantitative estimate of drug-likeness (QED) is 0.416. The summed E-state index contributed by atoms with van der Waals surface area (Å²) in [5.74, 6) is -0.295. The van der Waals surface area contributed by atoms with E-state index >= 15 is 0 Å². The van der Waals surface area contributed by atoms with Crippen molar-refractivity contribution in [2.75, 3.05) is 13.2 Å². The Morgan fingerprint density at radius 3 is 2.56 bits per heavy atom. The minimum absolute atomic E-state index is 0.181. The van der Waals surface area contributed by atoms with Gasteiger partial charge in [-0.05, 0) is 56.0 Å². The van der Waals surface area contributed by atoms with Gasteiger partial charge in [0.05, 0.1) is 23.3 Å². The SMILES string of the molecule is Cn1ncc2c(-c3ccc(Cl)cc3F)nc(C3CCOCC3)cc2c1=O.c1cnn(C2CC2)c1. The summed E-state index contributed by atoms with van der Waals surface area (Å²) in [7, 11) is 1.60. The van der Waals surface area contributed by atoms with Crippen LogP contribution in [0.2, 0.25) is 5.02 Å². The van der Waals surface area contributed by atoms with Crippen molar-refractivity contribution in [2.24, 2.45) is 7.05 Å². The third-order valence-corrected chi connectivity index (χ3v) is 6.47. The topological polar surface area (TPSA) is 74.8 Å². The first kappa shape index (κ1) is 22.7. The fraction of sp³-hybridized carbons (Fsp3) is 0.360. The van der Waals surface area contributed by atoms with E-state index in [2.05, 4.69) is 10.2 Å². The summed E-state index contributed by atoms with van der Waals surface area (Å²) in [5, 5.41) is 9.51. The molecule has 0 atom stereocenters. The predicted molar refractivity (Wildman–Crippen MR) is 128 cm³/mol. The lowest BCUT2D eigenvalue weighted by Crippen LogP contribution is -2.21. The van der Waals surface area contributed by atoms with Crippen LogP contribution in [0, 0.1) is 5.82 Å². The molecule has 1 saturated carbocycles. The van der Waals surface area contributed by atoms with Crippen molar-refractivity contribution in [1.82, 2.24) is 24.5 Å². The lowest BCUT2D eigenvalue weighted by atomic mass is 9.94. The number of hydrogen-bond acceptors (Lipinski definition) is 5. The van der Waals surface area contributed by atoms with E-state index in [1.165, 1.54) is 23.6 Å². The standard InChI is InChI=1S/C19H17ClFN3O2.C6H8N2/c1-24-19(25)14-9-17(11-4-6-26-7-5-11)23-18(15(14)10-22-24)13-3-2-12(20)8-16(13)21;1-4-7-8(5-1)6-2-3-6/h2-3,8-11H,4-7H2,1H3;1,4-6H,2-3H2. The maximum Gasteiger partial charge on any atom is 0.274 e. The lowest BCUT2D eigenvalue weighted by molar-refractivity contribution is 0.0845. The molecule has 0 unspecified atom stereocenters. The van der Waals surface area contributed by atoms with Gasteiger partial charge >= 0.3 is 0 Å². The second kappa shape index (κ2) is 9.64. The van der Waals surface area contributed by atoms with Gasteiger partial charge in [0.1, 0.15) is 5.82 Å². The Labute approximate surface area is 201 Å². The highest BCUT2D eigenvalue weighted by Crippen LogP contribution is 2.34. The maximum absolute atomic E-state index is 14.6. The molecule has 3 aromatic heterocycles. The van der Waals surface area contributed by atoms with Crippen molar-refractivity contribution in [3.63, 3.8) is 0 Å². The van der Waals surface area contributed by atoms with E-state index < -0.39 is 5.82 Å². The van der Waals surface area contributed by atoms with Crippen LogP contribution >= 0.6 is 11.6 Å². The van der Waals surface area contributed by atoms with Gasteiger partial charge in [0.25, 0.3) is 5.56 Å². The summed E-state index contributed by atoms with van der Waals surface area (Å²) in [4.78, 5) is 17.3. The van der Waals surface area contributed by atoms with Gasteiger partial charge in [0, 0.05) is 60.2 Å². The van der Waals surface area contributed by atoms with Crippen molar-refractivity contribution in [3.8, 4) is 11.3 Å². The molecule has 4 aromatic rings. The zero-order chi connectivity index (χ0) is 23.7. The van der Waals surface area contributed by atoms with Gasteiger partial charge in [-0.15, -0.1) is 0 Å².